The molecule has 4 aromatic rings. The fraction of sp³-hybridized carbons (Fsp3) is 0.353. The van der Waals surface area contributed by atoms with E-state index in [9.17, 15) is 19.5 Å². The fourth-order valence-corrected chi connectivity index (χ4v) is 5.19. The normalized spacial score (nSPS) is 12.0. The predicted octanol–water partition coefficient (Wildman–Crippen LogP) is 5.51. The number of rotatable bonds is 11. The molecule has 0 aliphatic carbocycles. The van der Waals surface area contributed by atoms with Gasteiger partial charge >= 0.3 is 11.7 Å². The Labute approximate surface area is 257 Å². The summed E-state index contributed by atoms with van der Waals surface area (Å²) < 4.78 is 10.9. The van der Waals surface area contributed by atoms with Gasteiger partial charge in [-0.15, -0.1) is 0 Å². The second-order valence-corrected chi connectivity index (χ2v) is 11.8. The Balaban J connectivity index is 1.61. The van der Waals surface area contributed by atoms with E-state index < -0.39 is 23.3 Å². The van der Waals surface area contributed by atoms with Gasteiger partial charge in [-0.25, -0.2) is 9.59 Å². The fourth-order valence-electron chi connectivity index (χ4n) is 5.19. The van der Waals surface area contributed by atoms with Crippen LogP contribution in [0.1, 0.15) is 43.0 Å². The van der Waals surface area contributed by atoms with E-state index >= 15 is 0 Å². The van der Waals surface area contributed by atoms with Crippen molar-refractivity contribution in [3.05, 3.63) is 99.4 Å². The maximum atomic E-state index is 13.7. The minimum atomic E-state index is -0.999. The van der Waals surface area contributed by atoms with Gasteiger partial charge < -0.3 is 29.4 Å². The van der Waals surface area contributed by atoms with Gasteiger partial charge in [-0.2, -0.15) is 4.98 Å². The second kappa shape index (κ2) is 13.6. The largest absolute Gasteiger partial charge is 0.497 e. The van der Waals surface area contributed by atoms with Gasteiger partial charge in [0.15, 0.2) is 0 Å². The van der Waals surface area contributed by atoms with Crippen LogP contribution < -0.4 is 15.7 Å². The number of nitrogens with one attached hydrogen (secondary N) is 1. The molecule has 44 heavy (non-hydrogen) atoms. The number of benzene rings is 3. The summed E-state index contributed by atoms with van der Waals surface area (Å²) in [5.41, 5.74) is 2.66. The summed E-state index contributed by atoms with van der Waals surface area (Å²) in [5, 5.41) is 13.1. The zero-order valence-electron chi connectivity index (χ0n) is 26.1. The van der Waals surface area contributed by atoms with Gasteiger partial charge in [0.1, 0.15) is 11.8 Å². The summed E-state index contributed by atoms with van der Waals surface area (Å²) in [6.45, 7) is 8.01. The molecular formula is C34H40N4O6. The highest BCUT2D eigenvalue weighted by Crippen LogP contribution is 2.23. The summed E-state index contributed by atoms with van der Waals surface area (Å²) >= 11 is 0. The van der Waals surface area contributed by atoms with Crippen LogP contribution in [0.3, 0.4) is 0 Å². The highest BCUT2D eigenvalue weighted by molar-refractivity contribution is 5.85. The number of anilines is 1. The highest BCUT2D eigenvalue weighted by Gasteiger charge is 2.27. The predicted molar refractivity (Wildman–Crippen MR) is 170 cm³/mol. The third kappa shape index (κ3) is 7.75. The van der Waals surface area contributed by atoms with Crippen LogP contribution in [-0.2, 0) is 24.2 Å². The molecule has 0 unspecified atom stereocenters. The van der Waals surface area contributed by atoms with Gasteiger partial charge in [0, 0.05) is 32.1 Å². The molecule has 0 radical (unpaired) electrons. The number of aromatic nitrogens is 1. The summed E-state index contributed by atoms with van der Waals surface area (Å²) in [5.74, 6) is 0.513. The van der Waals surface area contributed by atoms with E-state index in [0.29, 0.717) is 41.6 Å². The SMILES string of the molecule is COc1ccc(C[C@H](Nc2nc3ccc(CCN(C(=O)O)C(C)(C)C)c(C)c3c(=O)o2)C(=O)N(C)Cc2ccccc2)cc1. The molecule has 2 N–H and O–H groups in total. The van der Waals surface area contributed by atoms with Gasteiger partial charge in [0.25, 0.3) is 6.01 Å². The average molecular weight is 601 g/mol. The molecule has 0 aliphatic rings. The number of ether oxygens (including phenoxy) is 1. The van der Waals surface area contributed by atoms with Crippen LogP contribution in [0.5, 0.6) is 5.75 Å². The van der Waals surface area contributed by atoms with Gasteiger partial charge in [-0.05, 0) is 74.6 Å². The van der Waals surface area contributed by atoms with Gasteiger partial charge in [0.05, 0.1) is 18.0 Å². The molecule has 10 heteroatoms. The third-order valence-corrected chi connectivity index (χ3v) is 7.65. The van der Waals surface area contributed by atoms with Crippen molar-refractivity contribution in [3.8, 4) is 5.75 Å². The van der Waals surface area contributed by atoms with Crippen molar-refractivity contribution < 1.29 is 23.8 Å². The minimum Gasteiger partial charge on any atom is -0.497 e. The van der Waals surface area contributed by atoms with Crippen molar-refractivity contribution >= 4 is 28.9 Å². The number of carbonyl (C=O) groups is 2. The zero-order chi connectivity index (χ0) is 32.0. The lowest BCUT2D eigenvalue weighted by molar-refractivity contribution is -0.131. The number of carboxylic acid groups (broad SMARTS) is 1. The Morgan fingerprint density at radius 2 is 1.70 bits per heavy atom. The molecule has 0 saturated carbocycles. The molecule has 2 amide bonds. The Kier molecular flexibility index (Phi) is 9.93. The first-order valence-electron chi connectivity index (χ1n) is 14.5. The van der Waals surface area contributed by atoms with Crippen LogP contribution in [-0.4, -0.2) is 64.2 Å². The maximum absolute atomic E-state index is 13.7. The minimum absolute atomic E-state index is 0.0561. The van der Waals surface area contributed by atoms with E-state index in [1.165, 1.54) is 4.90 Å². The molecular weight excluding hydrogens is 560 g/mol. The number of hydrogen-bond acceptors (Lipinski definition) is 7. The highest BCUT2D eigenvalue weighted by atomic mass is 16.5. The molecule has 0 spiro atoms. The number of likely N-dealkylation sites (N-methyl/N-ethyl adjacent to an activating group) is 1. The average Bonchev–Trinajstić information content (AvgIpc) is 2.97. The zero-order valence-corrected chi connectivity index (χ0v) is 26.1. The summed E-state index contributed by atoms with van der Waals surface area (Å²) in [6.07, 6.45) is -0.255. The number of amides is 2. The molecule has 0 fully saturated rings. The Morgan fingerprint density at radius 3 is 2.32 bits per heavy atom. The number of fused-ring (bicyclic) bond motifs is 1. The smallest absolute Gasteiger partial charge is 0.407 e. The van der Waals surface area contributed by atoms with Crippen molar-refractivity contribution in [1.82, 2.24) is 14.8 Å². The number of aryl methyl sites for hydroxylation is 1. The molecule has 3 aromatic carbocycles. The van der Waals surface area contributed by atoms with Gasteiger partial charge in [0.2, 0.25) is 5.91 Å². The van der Waals surface area contributed by atoms with E-state index in [4.69, 9.17) is 9.15 Å². The molecule has 0 saturated heterocycles. The number of hydrogen-bond donors (Lipinski definition) is 2. The number of methoxy groups -OCH3 is 1. The Morgan fingerprint density at radius 1 is 1.02 bits per heavy atom. The van der Waals surface area contributed by atoms with E-state index in [1.807, 2.05) is 81.4 Å². The summed E-state index contributed by atoms with van der Waals surface area (Å²) in [7, 11) is 3.33. The Bertz CT molecular complexity index is 1660. The molecule has 0 bridgehead atoms. The van der Waals surface area contributed by atoms with Crippen LogP contribution in [0.4, 0.5) is 10.8 Å². The standard InChI is InChI=1S/C34H40N4O6/c1-22-25(18-19-38(33(41)42)34(2,3)4)14-17-27-29(22)31(40)44-32(35-27)36-28(20-23-12-15-26(43-6)16-13-23)30(39)37(5)21-24-10-8-7-9-11-24/h7-17,28H,18-21H2,1-6H3,(H,35,36)(H,41,42)/t28-/m0/s1. The molecule has 1 aromatic heterocycles. The van der Waals surface area contributed by atoms with E-state index in [1.54, 1.807) is 32.0 Å². The van der Waals surface area contributed by atoms with E-state index in [-0.39, 0.29) is 18.5 Å². The molecule has 0 aliphatic heterocycles. The van der Waals surface area contributed by atoms with Crippen LogP contribution >= 0.6 is 0 Å². The van der Waals surface area contributed by atoms with Gasteiger partial charge in [-0.3, -0.25) is 4.79 Å². The van der Waals surface area contributed by atoms with Crippen molar-refractivity contribution in [2.75, 3.05) is 26.0 Å². The lowest BCUT2D eigenvalue weighted by Crippen LogP contribution is -2.46. The quantitative estimate of drug-likeness (QED) is 0.231. The van der Waals surface area contributed by atoms with E-state index in [2.05, 4.69) is 10.3 Å². The second-order valence-electron chi connectivity index (χ2n) is 11.8. The first-order chi connectivity index (χ1) is 20.9. The van der Waals surface area contributed by atoms with E-state index in [0.717, 1.165) is 16.7 Å². The van der Waals surface area contributed by atoms with Crippen LogP contribution in [0, 0.1) is 6.92 Å². The van der Waals surface area contributed by atoms with Crippen LogP contribution in [0.15, 0.2) is 75.9 Å². The monoisotopic (exact) mass is 600 g/mol. The van der Waals surface area contributed by atoms with Crippen molar-refractivity contribution in [3.63, 3.8) is 0 Å². The van der Waals surface area contributed by atoms with Crippen molar-refractivity contribution in [1.29, 1.82) is 0 Å². The van der Waals surface area contributed by atoms with Gasteiger partial charge in [-0.1, -0.05) is 48.5 Å². The molecule has 1 atom stereocenters. The molecule has 232 valence electrons. The topological polar surface area (TPSA) is 125 Å². The molecule has 4 rings (SSSR count). The first kappa shape index (κ1) is 32.1. The number of nitrogens with zero attached hydrogens (tertiary/aromatic N) is 3. The number of carbonyl (C=O) groups excluding carboxylic acids is 1. The maximum Gasteiger partial charge on any atom is 0.407 e. The van der Waals surface area contributed by atoms with Crippen molar-refractivity contribution in [2.45, 2.75) is 58.7 Å². The van der Waals surface area contributed by atoms with Crippen molar-refractivity contribution in [2.24, 2.45) is 0 Å². The lowest BCUT2D eigenvalue weighted by Gasteiger charge is -2.33. The Hall–Kier alpha value is -4.86. The van der Waals surface area contributed by atoms with Crippen LogP contribution in [0.2, 0.25) is 0 Å². The molecule has 10 nitrogen and oxygen atoms in total. The molecule has 1 heterocycles. The van der Waals surface area contributed by atoms with Crippen LogP contribution in [0.25, 0.3) is 10.9 Å². The first-order valence-corrected chi connectivity index (χ1v) is 14.5. The third-order valence-electron chi connectivity index (χ3n) is 7.65. The lowest BCUT2D eigenvalue weighted by atomic mass is 10.00. The summed E-state index contributed by atoms with van der Waals surface area (Å²) in [6, 6.07) is 19.9. The summed E-state index contributed by atoms with van der Waals surface area (Å²) in [4.78, 5) is 46.3.